The molecule has 2 saturated heterocycles. The molecule has 0 spiro atoms. The molecule has 6 atom stereocenters. The minimum atomic E-state index is -0.889. The number of aliphatic hydroxyl groups excluding tert-OH is 1. The molecule has 11 heteroatoms. The second-order valence-electron chi connectivity index (χ2n) is 12.4. The van der Waals surface area contributed by atoms with Crippen molar-refractivity contribution in [3.8, 4) is 0 Å². The van der Waals surface area contributed by atoms with Crippen LogP contribution in [0.25, 0.3) is 12.2 Å². The van der Waals surface area contributed by atoms with Crippen molar-refractivity contribution < 1.29 is 29.7 Å². The first-order valence-corrected chi connectivity index (χ1v) is 16.4. The number of carboxylic acids is 2. The van der Waals surface area contributed by atoms with Gasteiger partial charge < -0.3 is 36.3 Å². The summed E-state index contributed by atoms with van der Waals surface area (Å²) < 4.78 is 0. The summed E-state index contributed by atoms with van der Waals surface area (Å²) in [5.41, 5.74) is 7.84. The molecular formula is C33H43N4O6S+. The molecule has 0 aromatic carbocycles. The normalized spacial score (nSPS) is 29.8. The number of H-pyrrole nitrogens is 1. The molecule has 10 nitrogen and oxygen atoms in total. The summed E-state index contributed by atoms with van der Waals surface area (Å²) >= 11 is 1.36. The van der Waals surface area contributed by atoms with Gasteiger partial charge >= 0.3 is 11.9 Å². The molecule has 0 bridgehead atoms. The van der Waals surface area contributed by atoms with Crippen LogP contribution in [0, 0.1) is 24.7 Å². The van der Waals surface area contributed by atoms with Gasteiger partial charge in [-0.2, -0.15) is 0 Å². The molecule has 236 valence electrons. The molecule has 2 fully saturated rings. The van der Waals surface area contributed by atoms with Crippen LogP contribution in [0.5, 0.6) is 0 Å². The summed E-state index contributed by atoms with van der Waals surface area (Å²) in [7, 11) is 0. The van der Waals surface area contributed by atoms with Crippen molar-refractivity contribution in [1.29, 1.82) is 0 Å². The number of hydrogen-bond acceptors (Lipinski definition) is 6. The maximum atomic E-state index is 12.6. The number of carbonyl (C=O) groups is 3. The zero-order valence-electron chi connectivity index (χ0n) is 25.7. The Bertz CT molecular complexity index is 1510. The maximum absolute atomic E-state index is 12.6. The van der Waals surface area contributed by atoms with Crippen LogP contribution in [0.4, 0.5) is 0 Å². The molecule has 4 aliphatic rings. The van der Waals surface area contributed by atoms with E-state index >= 15 is 0 Å². The average Bonchev–Trinajstić information content (AvgIpc) is 3.53. The Labute approximate surface area is 261 Å². The predicted octanol–water partition coefficient (Wildman–Crippen LogP) is 3.71. The number of amides is 1. The fourth-order valence-corrected chi connectivity index (χ4v) is 7.88. The van der Waals surface area contributed by atoms with E-state index in [0.29, 0.717) is 24.5 Å². The number of aliphatic carboxylic acids is 2. The largest absolute Gasteiger partial charge is 0.495 e. The van der Waals surface area contributed by atoms with Gasteiger partial charge in [0.25, 0.3) is 0 Å². The highest BCUT2D eigenvalue weighted by atomic mass is 32.2. The second-order valence-corrected chi connectivity index (χ2v) is 13.8. The molecular weight excluding hydrogens is 580 g/mol. The monoisotopic (exact) mass is 623 g/mol. The summed E-state index contributed by atoms with van der Waals surface area (Å²) in [6.07, 6.45) is 6.92. The van der Waals surface area contributed by atoms with Crippen molar-refractivity contribution >= 4 is 41.8 Å². The van der Waals surface area contributed by atoms with Gasteiger partial charge in [-0.15, -0.1) is 0 Å². The second kappa shape index (κ2) is 12.6. The van der Waals surface area contributed by atoms with Crippen LogP contribution < -0.4 is 16.0 Å². The van der Waals surface area contributed by atoms with Gasteiger partial charge in [0.15, 0.2) is 16.9 Å². The smallest absolute Gasteiger partial charge is 0.303 e. The molecule has 7 N–H and O–H groups in total. The van der Waals surface area contributed by atoms with E-state index in [1.54, 1.807) is 6.08 Å². The Morgan fingerprint density at radius 3 is 2.32 bits per heavy atom. The Morgan fingerprint density at radius 1 is 1.02 bits per heavy atom. The number of aromatic nitrogens is 1. The molecule has 5 rings (SSSR count). The lowest BCUT2D eigenvalue weighted by Crippen LogP contribution is -2.36. The molecule has 44 heavy (non-hydrogen) atoms. The first kappa shape index (κ1) is 31.6. The van der Waals surface area contributed by atoms with Crippen LogP contribution in [0.15, 0.2) is 46.7 Å². The molecule has 0 saturated carbocycles. The van der Waals surface area contributed by atoms with Gasteiger partial charge in [0.2, 0.25) is 5.91 Å². The number of rotatable bonds is 12. The first-order valence-electron chi connectivity index (χ1n) is 15.2. The van der Waals surface area contributed by atoms with Crippen molar-refractivity contribution in [3.63, 3.8) is 0 Å². The van der Waals surface area contributed by atoms with Gasteiger partial charge in [0.1, 0.15) is 0 Å². The Hall–Kier alpha value is -3.86. The van der Waals surface area contributed by atoms with Crippen molar-refractivity contribution in [2.45, 2.75) is 77.1 Å². The SMILES string of the molecule is C=CC1=C(O)N[C@H](CC2N/C(=C\c3[nH]c(/C=C4\NC(=O)[C@H](C)[C@H]4[C@@H]4C[SH+]4)c(C)c3CCC(=O)O)C(CCC(=O)O)=C2C)C1C. The minimum absolute atomic E-state index is 0.0216. The lowest BCUT2D eigenvalue weighted by molar-refractivity contribution is -0.138. The number of aliphatic hydroxyl groups is 1. The van der Waals surface area contributed by atoms with E-state index in [9.17, 15) is 29.7 Å². The van der Waals surface area contributed by atoms with Crippen molar-refractivity contribution in [2.75, 3.05) is 5.75 Å². The van der Waals surface area contributed by atoms with E-state index in [2.05, 4.69) is 27.5 Å². The third kappa shape index (κ3) is 6.33. The summed E-state index contributed by atoms with van der Waals surface area (Å²) in [6, 6.07) is -0.119. The molecule has 1 amide bonds. The van der Waals surface area contributed by atoms with Crippen LogP contribution in [0.2, 0.25) is 0 Å². The van der Waals surface area contributed by atoms with Crippen molar-refractivity contribution in [2.24, 2.45) is 17.8 Å². The number of allylic oxidation sites excluding steroid dienone is 3. The molecule has 4 aliphatic heterocycles. The highest BCUT2D eigenvalue weighted by Gasteiger charge is 2.52. The zero-order chi connectivity index (χ0) is 31.9. The average molecular weight is 624 g/mol. The van der Waals surface area contributed by atoms with Crippen molar-refractivity contribution in [1.82, 2.24) is 20.9 Å². The molecule has 0 radical (unpaired) electrons. The van der Waals surface area contributed by atoms with Gasteiger partial charge in [0.05, 0.1) is 5.92 Å². The Morgan fingerprint density at radius 2 is 1.70 bits per heavy atom. The summed E-state index contributed by atoms with van der Waals surface area (Å²) in [4.78, 5) is 39.2. The van der Waals surface area contributed by atoms with Crippen molar-refractivity contribution in [3.05, 3.63) is 69.2 Å². The fourth-order valence-electron chi connectivity index (χ4n) is 6.88. The fraction of sp³-hybridized carbons (Fsp3) is 0.485. The number of nitrogens with one attached hydrogen (secondary N) is 4. The highest BCUT2D eigenvalue weighted by Crippen LogP contribution is 2.39. The third-order valence-electron chi connectivity index (χ3n) is 9.66. The van der Waals surface area contributed by atoms with E-state index in [0.717, 1.165) is 56.4 Å². The third-order valence-corrected chi connectivity index (χ3v) is 10.8. The molecule has 1 aromatic heterocycles. The molecule has 1 aromatic rings. The maximum Gasteiger partial charge on any atom is 0.303 e. The summed E-state index contributed by atoms with van der Waals surface area (Å²) in [6.45, 7) is 11.8. The summed E-state index contributed by atoms with van der Waals surface area (Å²) in [5.74, 6) is -0.409. The van der Waals surface area contributed by atoms with E-state index in [1.807, 2.05) is 39.8 Å². The van der Waals surface area contributed by atoms with Gasteiger partial charge in [-0.05, 0) is 79.3 Å². The quantitative estimate of drug-likeness (QED) is 0.105. The van der Waals surface area contributed by atoms with E-state index in [-0.39, 0.29) is 54.5 Å². The predicted molar refractivity (Wildman–Crippen MR) is 173 cm³/mol. The molecule has 5 heterocycles. The van der Waals surface area contributed by atoms with E-state index in [4.69, 9.17) is 0 Å². The Balaban J connectivity index is 1.49. The van der Waals surface area contributed by atoms with Crippen LogP contribution in [0.1, 0.15) is 69.0 Å². The Kier molecular flexibility index (Phi) is 9.06. The van der Waals surface area contributed by atoms with Crippen LogP contribution in [-0.4, -0.2) is 61.2 Å². The standard InChI is InChI=1S/C33H42N4O6S/c1-6-19-15(2)24(36-33(19)43)11-22-16(3)20(7-9-29(38)39)25(34-22)13-26-21(8-10-30(40)41)17(4)23(35-26)12-27-31(28-14-44-28)18(5)32(42)37-27/h6,12-13,15,18,22,24,28,31,34-36,43H,1,7-11,14H2,2-5H3,(H,37,42)(H,38,39)(H,40,41)/p+1/b25-13-,27-12-/t15?,18-,22?,24-,28+,31-/m1/s1. The number of carbonyl (C=O) groups excluding carboxylic acids is 1. The van der Waals surface area contributed by atoms with E-state index < -0.39 is 11.9 Å². The van der Waals surface area contributed by atoms with Gasteiger partial charge in [-0.25, -0.2) is 0 Å². The first-order chi connectivity index (χ1) is 20.9. The number of thiol groups is 1. The minimum Gasteiger partial charge on any atom is -0.495 e. The number of aromatic amines is 1. The van der Waals surface area contributed by atoms with E-state index in [1.165, 1.54) is 11.8 Å². The highest BCUT2D eigenvalue weighted by molar-refractivity contribution is 7.86. The lowest BCUT2D eigenvalue weighted by Gasteiger charge is -2.23. The number of carboxylic acid groups (broad SMARTS) is 2. The molecule has 0 aliphatic carbocycles. The van der Waals surface area contributed by atoms with Gasteiger partial charge in [0, 0.05) is 65.1 Å². The lowest BCUT2D eigenvalue weighted by atomic mass is 9.90. The van der Waals surface area contributed by atoms with Crippen LogP contribution in [-0.2, 0) is 32.6 Å². The van der Waals surface area contributed by atoms with Gasteiger partial charge in [-0.1, -0.05) is 26.5 Å². The summed E-state index contributed by atoms with van der Waals surface area (Å²) in [5, 5.41) is 39.7. The zero-order valence-corrected chi connectivity index (χ0v) is 26.6. The molecule has 2 unspecified atom stereocenters. The van der Waals surface area contributed by atoms with Gasteiger partial charge in [-0.3, -0.25) is 14.4 Å². The van der Waals surface area contributed by atoms with Crippen LogP contribution in [0.3, 0.4) is 0 Å². The topological polar surface area (TPSA) is 164 Å². The number of hydrogen-bond donors (Lipinski definition) is 7. The van der Waals surface area contributed by atoms with Crippen LogP contribution >= 0.6 is 0 Å².